The van der Waals surface area contributed by atoms with E-state index in [0.717, 1.165) is 4.90 Å². The molecule has 0 aliphatic carbocycles. The number of anilines is 2. The van der Waals surface area contributed by atoms with Crippen LogP contribution in [0, 0.1) is 10.1 Å². The molecule has 0 fully saturated rings. The standard InChI is InChI=1S/C24H23N3O6S/c1-15(23(28)26-18-11-20(32-2)14-21(12-18)33-3)34-22-6-4-5-17(13-22)25-24(29)16-7-9-19(10-8-16)27(30)31/h4-15H,1-3H3,(H,25,29)(H,26,28). The molecule has 1 unspecified atom stereocenters. The summed E-state index contributed by atoms with van der Waals surface area (Å²) in [5.41, 5.74) is 1.30. The fourth-order valence-corrected chi connectivity index (χ4v) is 3.89. The molecule has 10 heteroatoms. The molecule has 0 aliphatic heterocycles. The number of nitrogens with zero attached hydrogens (tertiary/aromatic N) is 1. The predicted molar refractivity (Wildman–Crippen MR) is 131 cm³/mol. The van der Waals surface area contributed by atoms with Crippen LogP contribution in [0.3, 0.4) is 0 Å². The Morgan fingerprint density at radius 3 is 2.15 bits per heavy atom. The van der Waals surface area contributed by atoms with Crippen molar-refractivity contribution in [3.8, 4) is 11.5 Å². The van der Waals surface area contributed by atoms with E-state index in [1.54, 1.807) is 43.3 Å². The molecule has 3 aromatic rings. The van der Waals surface area contributed by atoms with Gasteiger partial charge in [0, 0.05) is 52.2 Å². The molecule has 0 aromatic heterocycles. The minimum atomic E-state index is -0.523. The fraction of sp³-hybridized carbons (Fsp3) is 0.167. The van der Waals surface area contributed by atoms with Gasteiger partial charge >= 0.3 is 0 Å². The number of methoxy groups -OCH3 is 2. The second-order valence-electron chi connectivity index (χ2n) is 7.14. The summed E-state index contributed by atoms with van der Waals surface area (Å²) in [6, 6.07) is 17.5. The molecular formula is C24H23N3O6S. The Hall–Kier alpha value is -4.05. The van der Waals surface area contributed by atoms with E-state index >= 15 is 0 Å². The number of hydrogen-bond acceptors (Lipinski definition) is 7. The maximum Gasteiger partial charge on any atom is 0.269 e. The molecule has 2 N–H and O–H groups in total. The average Bonchev–Trinajstić information content (AvgIpc) is 2.83. The summed E-state index contributed by atoms with van der Waals surface area (Å²) in [5.74, 6) is 0.522. The molecule has 34 heavy (non-hydrogen) atoms. The topological polar surface area (TPSA) is 120 Å². The van der Waals surface area contributed by atoms with E-state index in [2.05, 4.69) is 10.6 Å². The summed E-state index contributed by atoms with van der Waals surface area (Å²) in [6.07, 6.45) is 0. The minimum absolute atomic E-state index is 0.0883. The lowest BCUT2D eigenvalue weighted by atomic mass is 10.2. The van der Waals surface area contributed by atoms with Crippen molar-refractivity contribution in [3.63, 3.8) is 0 Å². The Balaban J connectivity index is 1.63. The number of non-ortho nitro benzene ring substituents is 1. The number of hydrogen-bond donors (Lipinski definition) is 2. The maximum absolute atomic E-state index is 12.7. The number of amides is 2. The molecule has 2 amide bonds. The SMILES string of the molecule is COc1cc(NC(=O)C(C)Sc2cccc(NC(=O)c3ccc([N+](=O)[O-])cc3)c2)cc(OC)c1. The molecule has 0 bridgehead atoms. The van der Waals surface area contributed by atoms with Crippen LogP contribution >= 0.6 is 11.8 Å². The van der Waals surface area contributed by atoms with Gasteiger partial charge in [0.15, 0.2) is 0 Å². The number of nitrogens with one attached hydrogen (secondary N) is 2. The first-order valence-corrected chi connectivity index (χ1v) is 11.0. The Labute approximate surface area is 200 Å². The van der Waals surface area contributed by atoms with Crippen LogP contribution in [0.15, 0.2) is 71.6 Å². The number of thioether (sulfide) groups is 1. The van der Waals surface area contributed by atoms with Crippen LogP contribution in [0.25, 0.3) is 0 Å². The van der Waals surface area contributed by atoms with Crippen LogP contribution in [0.1, 0.15) is 17.3 Å². The van der Waals surface area contributed by atoms with Crippen molar-refractivity contribution in [2.45, 2.75) is 17.1 Å². The molecular weight excluding hydrogens is 458 g/mol. The van der Waals surface area contributed by atoms with Gasteiger partial charge in [-0.05, 0) is 37.3 Å². The fourth-order valence-electron chi connectivity index (χ4n) is 2.97. The Kier molecular flexibility index (Phi) is 8.10. The van der Waals surface area contributed by atoms with Crippen molar-refractivity contribution in [1.29, 1.82) is 0 Å². The lowest BCUT2D eigenvalue weighted by molar-refractivity contribution is -0.384. The van der Waals surface area contributed by atoms with Gasteiger partial charge in [-0.15, -0.1) is 11.8 Å². The number of carbonyl (C=O) groups is 2. The van der Waals surface area contributed by atoms with Gasteiger partial charge in [-0.25, -0.2) is 0 Å². The number of benzene rings is 3. The van der Waals surface area contributed by atoms with E-state index in [4.69, 9.17) is 9.47 Å². The van der Waals surface area contributed by atoms with Gasteiger partial charge in [-0.1, -0.05) is 6.07 Å². The van der Waals surface area contributed by atoms with E-state index < -0.39 is 16.1 Å². The van der Waals surface area contributed by atoms with E-state index in [9.17, 15) is 19.7 Å². The monoisotopic (exact) mass is 481 g/mol. The highest BCUT2D eigenvalue weighted by Crippen LogP contribution is 2.29. The zero-order chi connectivity index (χ0) is 24.7. The second kappa shape index (κ2) is 11.2. The van der Waals surface area contributed by atoms with Gasteiger partial charge in [0.1, 0.15) is 11.5 Å². The summed E-state index contributed by atoms with van der Waals surface area (Å²) >= 11 is 1.33. The van der Waals surface area contributed by atoms with Gasteiger partial charge in [0.2, 0.25) is 5.91 Å². The lowest BCUT2D eigenvalue weighted by Crippen LogP contribution is -2.22. The van der Waals surface area contributed by atoms with Crippen molar-refractivity contribution in [2.24, 2.45) is 0 Å². The van der Waals surface area contributed by atoms with Gasteiger partial charge in [-0.3, -0.25) is 19.7 Å². The molecule has 0 aliphatic rings. The highest BCUT2D eigenvalue weighted by molar-refractivity contribution is 8.00. The van der Waals surface area contributed by atoms with Crippen LogP contribution in [-0.2, 0) is 4.79 Å². The molecule has 3 aromatic carbocycles. The molecule has 0 spiro atoms. The average molecular weight is 482 g/mol. The zero-order valence-electron chi connectivity index (χ0n) is 18.7. The van der Waals surface area contributed by atoms with Crippen molar-refractivity contribution in [3.05, 3.63) is 82.4 Å². The summed E-state index contributed by atoms with van der Waals surface area (Å²) in [6.45, 7) is 1.78. The maximum atomic E-state index is 12.7. The number of rotatable bonds is 9. The summed E-state index contributed by atoms with van der Waals surface area (Å²) < 4.78 is 10.5. The van der Waals surface area contributed by atoms with Gasteiger partial charge < -0.3 is 20.1 Å². The molecule has 0 radical (unpaired) electrons. The number of carbonyl (C=O) groups excluding carboxylic acids is 2. The van der Waals surface area contributed by atoms with Crippen LogP contribution in [0.2, 0.25) is 0 Å². The van der Waals surface area contributed by atoms with Crippen LogP contribution in [0.4, 0.5) is 17.1 Å². The van der Waals surface area contributed by atoms with Crippen molar-refractivity contribution in [2.75, 3.05) is 24.9 Å². The van der Waals surface area contributed by atoms with Crippen LogP contribution in [-0.4, -0.2) is 36.2 Å². The van der Waals surface area contributed by atoms with Crippen molar-refractivity contribution in [1.82, 2.24) is 0 Å². The Bertz CT molecular complexity index is 1180. The lowest BCUT2D eigenvalue weighted by Gasteiger charge is -2.14. The molecule has 3 rings (SSSR count). The third-order valence-corrected chi connectivity index (χ3v) is 5.83. The number of nitro groups is 1. The predicted octanol–water partition coefficient (Wildman–Crippen LogP) is 4.98. The number of nitro benzene ring substituents is 1. The molecule has 0 heterocycles. The zero-order valence-corrected chi connectivity index (χ0v) is 19.5. The highest BCUT2D eigenvalue weighted by Gasteiger charge is 2.16. The Morgan fingerprint density at radius 2 is 1.56 bits per heavy atom. The first-order valence-electron chi connectivity index (χ1n) is 10.2. The quantitative estimate of drug-likeness (QED) is 0.251. The molecule has 0 saturated heterocycles. The second-order valence-corrected chi connectivity index (χ2v) is 8.55. The first-order chi connectivity index (χ1) is 16.3. The van der Waals surface area contributed by atoms with E-state index in [1.807, 2.05) is 6.07 Å². The molecule has 0 saturated carbocycles. The van der Waals surface area contributed by atoms with E-state index in [1.165, 1.54) is 50.2 Å². The van der Waals surface area contributed by atoms with Gasteiger partial charge in [-0.2, -0.15) is 0 Å². The first kappa shape index (κ1) is 24.6. The molecule has 1 atom stereocenters. The molecule has 176 valence electrons. The third-order valence-electron chi connectivity index (χ3n) is 4.73. The van der Waals surface area contributed by atoms with Crippen molar-refractivity contribution < 1.29 is 24.0 Å². The van der Waals surface area contributed by atoms with Gasteiger partial charge in [0.25, 0.3) is 11.6 Å². The normalized spacial score (nSPS) is 11.3. The van der Waals surface area contributed by atoms with Crippen LogP contribution in [0.5, 0.6) is 11.5 Å². The summed E-state index contributed by atoms with van der Waals surface area (Å²) in [4.78, 5) is 36.2. The largest absolute Gasteiger partial charge is 0.497 e. The van der Waals surface area contributed by atoms with Gasteiger partial charge in [0.05, 0.1) is 24.4 Å². The van der Waals surface area contributed by atoms with Crippen molar-refractivity contribution >= 4 is 40.6 Å². The highest BCUT2D eigenvalue weighted by atomic mass is 32.2. The number of ether oxygens (including phenoxy) is 2. The Morgan fingerprint density at radius 1 is 0.912 bits per heavy atom. The summed E-state index contributed by atoms with van der Waals surface area (Å²) in [7, 11) is 3.07. The minimum Gasteiger partial charge on any atom is -0.497 e. The smallest absolute Gasteiger partial charge is 0.269 e. The van der Waals surface area contributed by atoms with E-state index in [0.29, 0.717) is 28.4 Å². The third kappa shape index (κ3) is 6.48. The van der Waals surface area contributed by atoms with Crippen LogP contribution < -0.4 is 20.1 Å². The summed E-state index contributed by atoms with van der Waals surface area (Å²) in [5, 5.41) is 16.0. The molecule has 9 nitrogen and oxygen atoms in total. The van der Waals surface area contributed by atoms with E-state index in [-0.39, 0.29) is 11.6 Å².